The number of hydrogen-bond donors (Lipinski definition) is 1. The van der Waals surface area contributed by atoms with Gasteiger partial charge in [-0.15, -0.1) is 0 Å². The lowest BCUT2D eigenvalue weighted by molar-refractivity contribution is -0.0171. The molecule has 1 unspecified atom stereocenters. The van der Waals surface area contributed by atoms with Crippen LogP contribution < -0.4 is 5.32 Å². The van der Waals surface area contributed by atoms with Gasteiger partial charge >= 0.3 is 0 Å². The Bertz CT molecular complexity index is 347. The highest BCUT2D eigenvalue weighted by Crippen LogP contribution is 2.45. The van der Waals surface area contributed by atoms with Crippen molar-refractivity contribution in [1.29, 1.82) is 0 Å². The van der Waals surface area contributed by atoms with Crippen LogP contribution in [0.5, 0.6) is 0 Å². The first kappa shape index (κ1) is 15.8. The summed E-state index contributed by atoms with van der Waals surface area (Å²) in [5.41, 5.74) is 0.793. The maximum absolute atomic E-state index is 5.88. The van der Waals surface area contributed by atoms with Gasteiger partial charge in [0.05, 0.1) is 6.61 Å². The highest BCUT2D eigenvalue weighted by atomic mass is 16.5. The summed E-state index contributed by atoms with van der Waals surface area (Å²) >= 11 is 0. The largest absolute Gasteiger partial charge is 0.380 e. The fourth-order valence-electron chi connectivity index (χ4n) is 4.43. The van der Waals surface area contributed by atoms with E-state index in [2.05, 4.69) is 31.0 Å². The minimum absolute atomic E-state index is 0.353. The summed E-state index contributed by atoms with van der Waals surface area (Å²) in [6.07, 6.45) is 8.43. The maximum atomic E-state index is 5.88. The number of nitrogens with one attached hydrogen (secondary N) is 1. The molecule has 0 amide bonds. The molecule has 1 heterocycles. The molecule has 3 rings (SSSR count). The summed E-state index contributed by atoms with van der Waals surface area (Å²) in [7, 11) is 0. The van der Waals surface area contributed by atoms with E-state index in [0.717, 1.165) is 25.7 Å². The van der Waals surface area contributed by atoms with Gasteiger partial charge in [-0.05, 0) is 44.4 Å². The highest BCUT2D eigenvalue weighted by Gasteiger charge is 2.51. The van der Waals surface area contributed by atoms with Crippen LogP contribution in [-0.4, -0.2) is 48.8 Å². The molecule has 1 spiro atoms. The SMILES string of the molecule is CC(C)COCCN1CC(C)(C2CC2)NCC12CCCC2. The van der Waals surface area contributed by atoms with Crippen LogP contribution in [0, 0.1) is 11.8 Å². The molecule has 3 nitrogen and oxygen atoms in total. The number of hydrogen-bond acceptors (Lipinski definition) is 3. The third-order valence-electron chi connectivity index (χ3n) is 5.98. The molecule has 0 bridgehead atoms. The van der Waals surface area contributed by atoms with E-state index in [1.54, 1.807) is 0 Å². The van der Waals surface area contributed by atoms with E-state index in [9.17, 15) is 0 Å². The van der Waals surface area contributed by atoms with Crippen LogP contribution in [-0.2, 0) is 4.74 Å². The van der Waals surface area contributed by atoms with Gasteiger partial charge in [0.2, 0.25) is 0 Å². The Labute approximate surface area is 130 Å². The van der Waals surface area contributed by atoms with Crippen molar-refractivity contribution in [2.45, 2.75) is 70.4 Å². The Kier molecular flexibility index (Phi) is 4.63. The molecule has 2 saturated carbocycles. The normalized spacial score (nSPS) is 33.1. The predicted octanol–water partition coefficient (Wildman–Crippen LogP) is 3.05. The van der Waals surface area contributed by atoms with Crippen molar-refractivity contribution in [3.05, 3.63) is 0 Å². The molecule has 21 heavy (non-hydrogen) atoms. The fourth-order valence-corrected chi connectivity index (χ4v) is 4.43. The summed E-state index contributed by atoms with van der Waals surface area (Å²) in [5.74, 6) is 1.56. The van der Waals surface area contributed by atoms with E-state index in [0.29, 0.717) is 17.0 Å². The standard InChI is InChI=1S/C18H34N2O/c1-15(2)12-21-11-10-20-14-17(3,16-6-7-16)19-13-18(20)8-4-5-9-18/h15-16,19H,4-14H2,1-3H3. The van der Waals surface area contributed by atoms with E-state index >= 15 is 0 Å². The molecule has 1 atom stereocenters. The number of rotatable bonds is 6. The van der Waals surface area contributed by atoms with E-state index < -0.39 is 0 Å². The first-order valence-corrected chi connectivity index (χ1v) is 9.12. The second-order valence-electron chi connectivity index (χ2n) is 8.37. The Balaban J connectivity index is 1.59. The molecule has 0 aromatic heterocycles. The Morgan fingerprint density at radius 2 is 1.95 bits per heavy atom. The van der Waals surface area contributed by atoms with E-state index in [1.165, 1.54) is 51.6 Å². The van der Waals surface area contributed by atoms with Crippen LogP contribution in [0.25, 0.3) is 0 Å². The number of ether oxygens (including phenoxy) is 1. The quantitative estimate of drug-likeness (QED) is 0.762. The van der Waals surface area contributed by atoms with Gasteiger partial charge < -0.3 is 10.1 Å². The van der Waals surface area contributed by atoms with Crippen molar-refractivity contribution >= 4 is 0 Å². The molecule has 0 aromatic carbocycles. The van der Waals surface area contributed by atoms with Gasteiger partial charge in [0.1, 0.15) is 0 Å². The third-order valence-corrected chi connectivity index (χ3v) is 5.98. The molecule has 1 N–H and O–H groups in total. The second kappa shape index (κ2) is 6.17. The molecule has 3 aliphatic rings. The van der Waals surface area contributed by atoms with Crippen molar-refractivity contribution in [3.63, 3.8) is 0 Å². The lowest BCUT2D eigenvalue weighted by Crippen LogP contribution is -2.69. The molecule has 1 aliphatic heterocycles. The van der Waals surface area contributed by atoms with Crippen LogP contribution >= 0.6 is 0 Å². The van der Waals surface area contributed by atoms with Gasteiger partial charge in [0, 0.05) is 37.3 Å². The lowest BCUT2D eigenvalue weighted by Gasteiger charge is -2.53. The Morgan fingerprint density at radius 1 is 1.24 bits per heavy atom. The van der Waals surface area contributed by atoms with Crippen LogP contribution in [0.4, 0.5) is 0 Å². The zero-order valence-electron chi connectivity index (χ0n) is 14.3. The van der Waals surface area contributed by atoms with Crippen molar-refractivity contribution in [2.75, 3.05) is 32.8 Å². The van der Waals surface area contributed by atoms with Gasteiger partial charge in [0.25, 0.3) is 0 Å². The highest BCUT2D eigenvalue weighted by molar-refractivity contribution is 5.10. The molecule has 0 aromatic rings. The second-order valence-corrected chi connectivity index (χ2v) is 8.37. The van der Waals surface area contributed by atoms with Crippen molar-refractivity contribution in [1.82, 2.24) is 10.2 Å². The van der Waals surface area contributed by atoms with Crippen molar-refractivity contribution in [3.8, 4) is 0 Å². The maximum Gasteiger partial charge on any atom is 0.0593 e. The Morgan fingerprint density at radius 3 is 2.57 bits per heavy atom. The van der Waals surface area contributed by atoms with Gasteiger partial charge in [-0.2, -0.15) is 0 Å². The molecule has 122 valence electrons. The minimum Gasteiger partial charge on any atom is -0.380 e. The number of nitrogens with zero attached hydrogens (tertiary/aromatic N) is 1. The van der Waals surface area contributed by atoms with Gasteiger partial charge in [-0.25, -0.2) is 0 Å². The average molecular weight is 294 g/mol. The number of piperazine rings is 1. The monoisotopic (exact) mass is 294 g/mol. The van der Waals surface area contributed by atoms with Gasteiger partial charge in [-0.3, -0.25) is 4.90 Å². The summed E-state index contributed by atoms with van der Waals surface area (Å²) in [6.45, 7) is 12.3. The lowest BCUT2D eigenvalue weighted by atomic mass is 9.84. The molecule has 3 fully saturated rings. The first-order valence-electron chi connectivity index (χ1n) is 9.12. The zero-order valence-corrected chi connectivity index (χ0v) is 14.3. The summed E-state index contributed by atoms with van der Waals surface area (Å²) in [5, 5.41) is 3.95. The van der Waals surface area contributed by atoms with E-state index in [-0.39, 0.29) is 0 Å². The zero-order chi connectivity index (χ0) is 14.9. The average Bonchev–Trinajstić information content (AvgIpc) is 3.20. The smallest absolute Gasteiger partial charge is 0.0593 e. The van der Waals surface area contributed by atoms with E-state index in [4.69, 9.17) is 4.74 Å². The minimum atomic E-state index is 0.353. The molecule has 1 saturated heterocycles. The predicted molar refractivity (Wildman–Crippen MR) is 87.6 cm³/mol. The summed E-state index contributed by atoms with van der Waals surface area (Å²) in [4.78, 5) is 2.80. The molecular weight excluding hydrogens is 260 g/mol. The van der Waals surface area contributed by atoms with Crippen LogP contribution in [0.1, 0.15) is 59.3 Å². The molecule has 2 aliphatic carbocycles. The molecular formula is C18H34N2O. The van der Waals surface area contributed by atoms with Crippen LogP contribution in [0.15, 0.2) is 0 Å². The van der Waals surface area contributed by atoms with Crippen LogP contribution in [0.2, 0.25) is 0 Å². The van der Waals surface area contributed by atoms with Crippen LogP contribution in [0.3, 0.4) is 0 Å². The third kappa shape index (κ3) is 3.46. The first-order chi connectivity index (χ1) is 10.0. The van der Waals surface area contributed by atoms with E-state index in [1.807, 2.05) is 0 Å². The summed E-state index contributed by atoms with van der Waals surface area (Å²) in [6, 6.07) is 0. The molecule has 0 radical (unpaired) electrons. The Hall–Kier alpha value is -0.120. The van der Waals surface area contributed by atoms with Crippen molar-refractivity contribution < 1.29 is 4.74 Å². The van der Waals surface area contributed by atoms with Gasteiger partial charge in [0.15, 0.2) is 0 Å². The molecule has 3 heteroatoms. The fraction of sp³-hybridized carbons (Fsp3) is 1.00. The summed E-state index contributed by atoms with van der Waals surface area (Å²) < 4.78 is 5.88. The van der Waals surface area contributed by atoms with Gasteiger partial charge in [-0.1, -0.05) is 26.7 Å². The topological polar surface area (TPSA) is 24.5 Å². The van der Waals surface area contributed by atoms with Crippen molar-refractivity contribution in [2.24, 2.45) is 11.8 Å².